The summed E-state index contributed by atoms with van der Waals surface area (Å²) in [6.07, 6.45) is 1.74. The predicted molar refractivity (Wildman–Crippen MR) is 138 cm³/mol. The first-order valence-corrected chi connectivity index (χ1v) is 11.9. The third-order valence-corrected chi connectivity index (χ3v) is 7.09. The Balaban J connectivity index is 1.50. The lowest BCUT2D eigenvalue weighted by atomic mass is 10.1. The van der Waals surface area contributed by atoms with Gasteiger partial charge >= 0.3 is 0 Å². The van der Waals surface area contributed by atoms with Gasteiger partial charge in [0.2, 0.25) is 5.17 Å². The molecule has 1 N–H and O–H groups in total. The number of hydrogen-bond donors (Lipinski definition) is 1. The highest BCUT2D eigenvalue weighted by Gasteiger charge is 2.36. The van der Waals surface area contributed by atoms with Gasteiger partial charge in [-0.05, 0) is 74.5 Å². The van der Waals surface area contributed by atoms with Crippen molar-refractivity contribution in [2.24, 2.45) is 10.1 Å². The molecule has 2 aromatic carbocycles. The Bertz CT molecular complexity index is 1400. The number of amidine groups is 2. The highest BCUT2D eigenvalue weighted by atomic mass is 79.9. The van der Waals surface area contributed by atoms with Crippen LogP contribution in [0.1, 0.15) is 28.1 Å². The van der Waals surface area contributed by atoms with Crippen LogP contribution in [0.3, 0.4) is 0 Å². The van der Waals surface area contributed by atoms with E-state index < -0.39 is 5.91 Å². The number of aryl methyl sites for hydroxylation is 2. The zero-order chi connectivity index (χ0) is 23.3. The molecule has 0 saturated carbocycles. The topological polar surface area (TPSA) is 73.8 Å². The number of hydrogen-bond acceptors (Lipinski definition) is 4. The molecule has 164 valence electrons. The van der Waals surface area contributed by atoms with E-state index in [1.165, 1.54) is 16.8 Å². The van der Waals surface area contributed by atoms with Crippen LogP contribution >= 0.6 is 27.7 Å². The van der Waals surface area contributed by atoms with E-state index >= 15 is 0 Å². The van der Waals surface area contributed by atoms with Crippen LogP contribution in [0.15, 0.2) is 74.7 Å². The Kier molecular flexibility index (Phi) is 5.42. The van der Waals surface area contributed by atoms with Gasteiger partial charge in [0.05, 0.1) is 5.57 Å². The third kappa shape index (κ3) is 3.89. The number of carbonyl (C=O) groups is 1. The monoisotopic (exact) mass is 517 g/mol. The number of nitrogens with zero attached hydrogens (tertiary/aromatic N) is 4. The number of amides is 1. The van der Waals surface area contributed by atoms with Crippen LogP contribution < -0.4 is 0 Å². The van der Waals surface area contributed by atoms with E-state index in [1.54, 1.807) is 6.08 Å². The Labute approximate surface area is 204 Å². The summed E-state index contributed by atoms with van der Waals surface area (Å²) >= 11 is 4.78. The highest BCUT2D eigenvalue weighted by molar-refractivity contribution is 9.10. The number of halogens is 1. The Hall–Kier alpha value is -3.23. The van der Waals surface area contributed by atoms with Crippen LogP contribution in [-0.2, 0) is 4.79 Å². The minimum atomic E-state index is -0.424. The predicted octanol–water partition coefficient (Wildman–Crippen LogP) is 5.83. The first-order valence-electron chi connectivity index (χ1n) is 10.3. The fourth-order valence-corrected chi connectivity index (χ4v) is 5.04. The highest BCUT2D eigenvalue weighted by Crippen LogP contribution is 2.32. The fraction of sp³-hybridized carbons (Fsp3) is 0.120. The second-order valence-electron chi connectivity index (χ2n) is 7.93. The molecule has 0 radical (unpaired) electrons. The summed E-state index contributed by atoms with van der Waals surface area (Å²) in [5.74, 6) is -0.388. The van der Waals surface area contributed by atoms with Crippen LogP contribution in [0.25, 0.3) is 11.8 Å². The van der Waals surface area contributed by atoms with Gasteiger partial charge in [0, 0.05) is 27.1 Å². The maximum Gasteiger partial charge on any atom is 0.283 e. The summed E-state index contributed by atoms with van der Waals surface area (Å²) in [5.41, 5.74) is 6.25. The average molecular weight is 518 g/mol. The smallest absolute Gasteiger partial charge is 0.283 e. The van der Waals surface area contributed by atoms with Crippen LogP contribution in [-0.4, -0.2) is 31.5 Å². The first-order chi connectivity index (χ1) is 15.8. The number of aliphatic imine (C=N–C) groups is 1. The van der Waals surface area contributed by atoms with Gasteiger partial charge in [-0.3, -0.25) is 10.2 Å². The van der Waals surface area contributed by atoms with Gasteiger partial charge in [0.1, 0.15) is 5.04 Å². The first kappa shape index (κ1) is 21.6. The second kappa shape index (κ2) is 8.28. The zero-order valence-electron chi connectivity index (χ0n) is 18.3. The maximum atomic E-state index is 12.9. The molecule has 0 saturated heterocycles. The van der Waals surface area contributed by atoms with Crippen molar-refractivity contribution < 1.29 is 4.79 Å². The van der Waals surface area contributed by atoms with Crippen LogP contribution in [0.2, 0.25) is 0 Å². The van der Waals surface area contributed by atoms with Gasteiger partial charge in [0.15, 0.2) is 5.84 Å². The largest absolute Gasteiger partial charge is 0.318 e. The van der Waals surface area contributed by atoms with Crippen molar-refractivity contribution in [2.45, 2.75) is 20.8 Å². The lowest BCUT2D eigenvalue weighted by Crippen LogP contribution is -2.35. The average Bonchev–Trinajstić information content (AvgIpc) is 3.33. The van der Waals surface area contributed by atoms with Gasteiger partial charge in [-0.25, -0.2) is 0 Å². The van der Waals surface area contributed by atoms with Gasteiger partial charge in [-0.1, -0.05) is 45.8 Å². The molecule has 2 aliphatic heterocycles. The Morgan fingerprint density at radius 3 is 2.42 bits per heavy atom. The van der Waals surface area contributed by atoms with Crippen molar-refractivity contribution in [3.8, 4) is 5.69 Å². The number of fused-ring (bicyclic) bond motifs is 1. The molecule has 0 spiro atoms. The van der Waals surface area contributed by atoms with Gasteiger partial charge in [0.25, 0.3) is 5.91 Å². The zero-order valence-corrected chi connectivity index (χ0v) is 20.7. The molecule has 0 atom stereocenters. The normalized spacial score (nSPS) is 16.8. The number of nitrogens with one attached hydrogen (secondary N) is 1. The van der Waals surface area contributed by atoms with E-state index in [0.29, 0.717) is 5.17 Å². The molecule has 0 bridgehead atoms. The van der Waals surface area contributed by atoms with Crippen molar-refractivity contribution >= 4 is 55.7 Å². The molecule has 0 fully saturated rings. The number of thioether (sulfide) groups is 1. The Morgan fingerprint density at radius 2 is 1.73 bits per heavy atom. The van der Waals surface area contributed by atoms with Gasteiger partial charge < -0.3 is 4.57 Å². The SMILES string of the molecule is Cc1ccc(C2=NN3C(=N)C(=Cc4cc(C)n(-c5ccc(Br)cc5)c4C)C(=O)N=C3S2)cc1. The lowest BCUT2D eigenvalue weighted by Gasteiger charge is -2.20. The van der Waals surface area contributed by atoms with Crippen molar-refractivity contribution in [3.63, 3.8) is 0 Å². The molecule has 3 aromatic rings. The van der Waals surface area contributed by atoms with E-state index in [9.17, 15) is 4.79 Å². The van der Waals surface area contributed by atoms with Crippen LogP contribution in [0.5, 0.6) is 0 Å². The number of carbonyl (C=O) groups excluding carboxylic acids is 1. The molecule has 6 nitrogen and oxygen atoms in total. The van der Waals surface area contributed by atoms with Gasteiger partial charge in [-0.15, -0.1) is 0 Å². The summed E-state index contributed by atoms with van der Waals surface area (Å²) in [6.45, 7) is 6.06. The van der Waals surface area contributed by atoms with Crippen molar-refractivity contribution in [3.05, 3.63) is 92.7 Å². The second-order valence-corrected chi connectivity index (χ2v) is 9.80. The summed E-state index contributed by atoms with van der Waals surface area (Å²) in [4.78, 5) is 17.1. The number of benzene rings is 2. The molecular formula is C25H20BrN5OS. The number of rotatable bonds is 3. The summed E-state index contributed by atoms with van der Waals surface area (Å²) in [7, 11) is 0. The van der Waals surface area contributed by atoms with Crippen LogP contribution in [0.4, 0.5) is 0 Å². The standard InChI is InChI=1S/C25H20BrN5OS/c1-14-4-6-17(7-5-14)24-29-31-22(27)21(23(32)28-25(31)33-24)13-18-12-15(2)30(16(18)3)20-10-8-19(26)9-11-20/h4-13,27H,1-3H3. The molecule has 1 amide bonds. The van der Waals surface area contributed by atoms with E-state index in [-0.39, 0.29) is 11.4 Å². The fourth-order valence-electron chi connectivity index (χ4n) is 3.88. The quantitative estimate of drug-likeness (QED) is 0.444. The molecule has 2 aliphatic rings. The lowest BCUT2D eigenvalue weighted by molar-refractivity contribution is -0.114. The minimum absolute atomic E-state index is 0.0352. The van der Waals surface area contributed by atoms with E-state index in [1.807, 2.05) is 75.4 Å². The van der Waals surface area contributed by atoms with Crippen molar-refractivity contribution in [1.82, 2.24) is 9.58 Å². The summed E-state index contributed by atoms with van der Waals surface area (Å²) < 4.78 is 3.14. The van der Waals surface area contributed by atoms with Crippen molar-refractivity contribution in [2.75, 3.05) is 0 Å². The third-order valence-electron chi connectivity index (χ3n) is 5.61. The summed E-state index contributed by atoms with van der Waals surface area (Å²) in [6, 6.07) is 18.1. The molecular weight excluding hydrogens is 498 g/mol. The van der Waals surface area contributed by atoms with Crippen molar-refractivity contribution in [1.29, 1.82) is 5.41 Å². The van der Waals surface area contributed by atoms with E-state index in [0.717, 1.165) is 43.3 Å². The van der Waals surface area contributed by atoms with E-state index in [2.05, 4.69) is 30.6 Å². The molecule has 0 aliphatic carbocycles. The minimum Gasteiger partial charge on any atom is -0.318 e. The molecule has 3 heterocycles. The molecule has 33 heavy (non-hydrogen) atoms. The maximum absolute atomic E-state index is 12.9. The van der Waals surface area contributed by atoms with Crippen LogP contribution in [0, 0.1) is 26.2 Å². The summed E-state index contributed by atoms with van der Waals surface area (Å²) in [5, 5.41) is 15.8. The molecule has 1 aromatic heterocycles. The van der Waals surface area contributed by atoms with E-state index in [4.69, 9.17) is 5.41 Å². The van der Waals surface area contributed by atoms with Gasteiger partial charge in [-0.2, -0.15) is 15.1 Å². The molecule has 5 rings (SSSR count). The molecule has 8 heteroatoms. The molecule has 0 unspecified atom stereocenters. The Morgan fingerprint density at radius 1 is 1.03 bits per heavy atom. The number of hydrazone groups is 1. The number of aromatic nitrogens is 1.